The van der Waals surface area contributed by atoms with Gasteiger partial charge in [0.2, 0.25) is 0 Å². The molecule has 0 bridgehead atoms. The van der Waals surface area contributed by atoms with Crippen molar-refractivity contribution < 1.29 is 19.1 Å². The van der Waals surface area contributed by atoms with Crippen molar-refractivity contribution in [1.82, 2.24) is 0 Å². The van der Waals surface area contributed by atoms with Gasteiger partial charge in [-0.15, -0.1) is 0 Å². The Morgan fingerprint density at radius 1 is 0.522 bits per heavy atom. The first kappa shape index (κ1) is 52.7. The van der Waals surface area contributed by atoms with E-state index in [1.807, 2.05) is 71.9 Å². The van der Waals surface area contributed by atoms with Crippen LogP contribution in [0.1, 0.15) is 147 Å². The number of hydrogen-bond acceptors (Lipinski definition) is 12. The van der Waals surface area contributed by atoms with E-state index in [0.29, 0.717) is 22.1 Å². The quantitative estimate of drug-likeness (QED) is 0.0922. The van der Waals surface area contributed by atoms with Gasteiger partial charge < -0.3 is 50.1 Å². The van der Waals surface area contributed by atoms with Crippen molar-refractivity contribution in [2.75, 3.05) is 20.6 Å². The second-order valence-corrected chi connectivity index (χ2v) is 23.7. The van der Waals surface area contributed by atoms with Crippen LogP contribution in [0.5, 0.6) is 23.0 Å². The van der Waals surface area contributed by atoms with Gasteiger partial charge >= 0.3 is 0 Å². The molecular weight excluding hydrogens is 869 g/mol. The molecule has 1 aliphatic rings. The average Bonchev–Trinajstić information content (AvgIpc) is 3.24. The lowest BCUT2D eigenvalue weighted by atomic mass is 9.55. The normalized spacial score (nSPS) is 17.7. The van der Waals surface area contributed by atoms with Crippen LogP contribution >= 0.6 is 0 Å². The predicted octanol–water partition coefficient (Wildman–Crippen LogP) is 14.9. The molecule has 12 nitrogen and oxygen atoms in total. The minimum Gasteiger partial charge on any atom is -0.758 e. The highest BCUT2D eigenvalue weighted by Gasteiger charge is 2.46. The topological polar surface area (TPSA) is 142 Å². The molecule has 12 heteroatoms. The molecule has 1 fully saturated rings. The van der Waals surface area contributed by atoms with Gasteiger partial charge in [-0.1, -0.05) is 96.1 Å². The molecule has 2 unspecified atom stereocenters. The summed E-state index contributed by atoms with van der Waals surface area (Å²) >= 11 is 0. The summed E-state index contributed by atoms with van der Waals surface area (Å²) in [4.78, 5) is 11.9. The van der Waals surface area contributed by atoms with Crippen LogP contribution in [0.15, 0.2) is 115 Å². The van der Waals surface area contributed by atoms with Gasteiger partial charge in [0.25, 0.3) is 0 Å². The summed E-state index contributed by atoms with van der Waals surface area (Å²) in [5.41, 5.74) is -0.868. The molecule has 5 aromatic rings. The predicted molar refractivity (Wildman–Crippen MR) is 282 cm³/mol. The van der Waals surface area contributed by atoms with Gasteiger partial charge in [-0.2, -0.15) is 0 Å². The third kappa shape index (κ3) is 11.9. The first-order valence-corrected chi connectivity index (χ1v) is 24.0. The first-order chi connectivity index (χ1) is 31.8. The largest absolute Gasteiger partial charge is 0.758 e. The lowest BCUT2D eigenvalue weighted by Gasteiger charge is -2.54. The van der Waals surface area contributed by atoms with Crippen molar-refractivity contribution in [2.24, 2.45) is 11.3 Å². The van der Waals surface area contributed by atoms with E-state index in [0.717, 1.165) is 46.3 Å². The van der Waals surface area contributed by atoms with E-state index in [9.17, 15) is 20.8 Å². The molecule has 374 valence electrons. The third-order valence-corrected chi connectivity index (χ3v) is 13.3. The number of anilines is 4. The van der Waals surface area contributed by atoms with Gasteiger partial charge in [0.15, 0.2) is 17.2 Å². The van der Waals surface area contributed by atoms with Gasteiger partial charge in [-0.05, 0) is 183 Å². The van der Waals surface area contributed by atoms with Crippen LogP contribution < -0.4 is 39.7 Å². The monoisotopic (exact) mass is 943 g/mol. The molecule has 0 amide bonds. The van der Waals surface area contributed by atoms with Crippen LogP contribution in [-0.4, -0.2) is 22.3 Å². The number of nitrogens with zero attached hydrogens (tertiary/aromatic N) is 4. The highest BCUT2D eigenvalue weighted by Crippen LogP contribution is 2.54. The molecule has 0 spiro atoms. The summed E-state index contributed by atoms with van der Waals surface area (Å²) in [5, 5.41) is 58.1. The van der Waals surface area contributed by atoms with Crippen molar-refractivity contribution in [3.63, 3.8) is 0 Å². The minimum atomic E-state index is -1.36. The Hall–Kier alpha value is -5.66. The van der Waals surface area contributed by atoms with Crippen molar-refractivity contribution >= 4 is 22.7 Å². The van der Waals surface area contributed by atoms with E-state index in [2.05, 4.69) is 45.0 Å². The second-order valence-electron chi connectivity index (χ2n) is 23.7. The molecular formula is C57H74N4O8-4. The average molecular weight is 943 g/mol. The Balaban J connectivity index is 1.26. The third-order valence-electron chi connectivity index (χ3n) is 13.3. The Labute approximate surface area is 411 Å². The smallest absolute Gasteiger partial charge is 0.196 e. The standard InChI is InChI=1S/C57H74N4O8/c1-39-36-54(11,12)38-57(37-39,40-25-30-43(31-26-40)66-53(8,9)10)41-27-32-44(33-28-41)68-60(64)48-24-20-18-22-46(48)59(63)55(13,14)56(15,16)67-50-35-42(51(2,3)4)29-34-49(50)69-61(65)47-23-19-17-21-45(47)58(62)52(5,6)7/h17-35,39H,36-38H2,1-16H3/q-4. The first-order valence-electron chi connectivity index (χ1n) is 24.0. The van der Waals surface area contributed by atoms with Crippen molar-refractivity contribution in [1.29, 1.82) is 0 Å². The van der Waals surface area contributed by atoms with E-state index < -0.39 is 16.7 Å². The molecule has 0 radical (unpaired) electrons. The van der Waals surface area contributed by atoms with Crippen LogP contribution in [-0.2, 0) is 10.8 Å². The molecule has 1 aliphatic carbocycles. The van der Waals surface area contributed by atoms with Crippen molar-refractivity contribution in [3.8, 4) is 23.0 Å². The Kier molecular flexibility index (Phi) is 14.7. The number of ether oxygens (including phenoxy) is 2. The summed E-state index contributed by atoms with van der Waals surface area (Å²) in [7, 11) is 0. The molecule has 0 heterocycles. The fourth-order valence-electron chi connectivity index (χ4n) is 9.51. The molecule has 69 heavy (non-hydrogen) atoms. The molecule has 0 aromatic heterocycles. The zero-order chi connectivity index (χ0) is 51.1. The van der Waals surface area contributed by atoms with Gasteiger partial charge in [-0.25, -0.2) is 0 Å². The van der Waals surface area contributed by atoms with E-state index >= 15 is 0 Å². The molecule has 2 atom stereocenters. The lowest BCUT2D eigenvalue weighted by Crippen LogP contribution is -2.59. The van der Waals surface area contributed by atoms with Gasteiger partial charge in [-0.3, -0.25) is 10.5 Å². The second kappa shape index (κ2) is 19.3. The molecule has 5 aromatic carbocycles. The summed E-state index contributed by atoms with van der Waals surface area (Å²) < 4.78 is 12.9. The maximum absolute atomic E-state index is 14.8. The van der Waals surface area contributed by atoms with Crippen LogP contribution in [0.3, 0.4) is 0 Å². The van der Waals surface area contributed by atoms with Gasteiger partial charge in [0.1, 0.15) is 17.0 Å². The van der Waals surface area contributed by atoms with Crippen LogP contribution in [0.4, 0.5) is 22.7 Å². The van der Waals surface area contributed by atoms with Crippen molar-refractivity contribution in [3.05, 3.63) is 153 Å². The summed E-state index contributed by atoms with van der Waals surface area (Å²) in [6.07, 6.45) is 3.04. The summed E-state index contributed by atoms with van der Waals surface area (Å²) in [6.45, 7) is 31.5. The zero-order valence-corrected chi connectivity index (χ0v) is 43.7. The highest BCUT2D eigenvalue weighted by molar-refractivity contribution is 5.73. The Morgan fingerprint density at radius 2 is 1.00 bits per heavy atom. The maximum atomic E-state index is 14.8. The molecule has 6 rings (SSSR count). The van der Waals surface area contributed by atoms with Gasteiger partial charge in [0, 0.05) is 11.0 Å². The molecule has 1 saturated carbocycles. The van der Waals surface area contributed by atoms with E-state index in [1.54, 1.807) is 103 Å². The van der Waals surface area contributed by atoms with Crippen molar-refractivity contribution in [2.45, 2.75) is 163 Å². The Bertz CT molecular complexity index is 2520. The van der Waals surface area contributed by atoms with E-state index in [-0.39, 0.29) is 56.1 Å². The highest BCUT2D eigenvalue weighted by atomic mass is 16.9. The SMILES string of the molecule is CC1CC(C)(C)CC(c2ccc(ON([O-])c3ccccc3N([O-])C(C)(C)C(C)(C)Oc3cc(C(C)(C)C)ccc3ON([O-])c3ccccc3N([O-])C(C)(C)C)cc2)(c2ccc(OC(C)(C)C)cc2)C1. The summed E-state index contributed by atoms with van der Waals surface area (Å²) in [6, 6.07) is 34.4. The number of hydrogen-bond donors (Lipinski definition) is 0. The number of hydroxylamine groups is 2. The van der Waals surface area contributed by atoms with Crippen LogP contribution in [0.2, 0.25) is 0 Å². The maximum Gasteiger partial charge on any atom is 0.196 e. The fraction of sp³-hybridized carbons (Fsp3) is 0.474. The van der Waals surface area contributed by atoms with E-state index in [4.69, 9.17) is 19.1 Å². The van der Waals surface area contributed by atoms with E-state index in [1.165, 1.54) is 11.6 Å². The fourth-order valence-corrected chi connectivity index (χ4v) is 9.51. The summed E-state index contributed by atoms with van der Waals surface area (Å²) in [5.74, 6) is 1.89. The molecule has 0 saturated heterocycles. The molecule has 0 aliphatic heterocycles. The lowest BCUT2D eigenvalue weighted by molar-refractivity contribution is 0.0365. The number of para-hydroxylation sites is 4. The minimum absolute atomic E-state index is 0.000528. The molecule has 0 N–H and O–H groups in total. The number of rotatable bonds is 15. The van der Waals surface area contributed by atoms with Crippen LogP contribution in [0, 0.1) is 32.2 Å². The Morgan fingerprint density at radius 3 is 1.48 bits per heavy atom. The van der Waals surface area contributed by atoms with Gasteiger partial charge in [0.05, 0.1) is 28.3 Å². The van der Waals surface area contributed by atoms with Crippen LogP contribution in [0.25, 0.3) is 0 Å². The zero-order valence-electron chi connectivity index (χ0n) is 43.7. The number of benzene rings is 5.